The van der Waals surface area contributed by atoms with Gasteiger partial charge in [-0.05, 0) is 55.8 Å². The van der Waals surface area contributed by atoms with Crippen molar-refractivity contribution in [3.63, 3.8) is 0 Å². The highest BCUT2D eigenvalue weighted by atomic mass is 35.5. The van der Waals surface area contributed by atoms with E-state index in [0.717, 1.165) is 27.5 Å². The van der Waals surface area contributed by atoms with Crippen molar-refractivity contribution in [2.45, 2.75) is 24.5 Å². The second kappa shape index (κ2) is 8.45. The fourth-order valence-corrected chi connectivity index (χ4v) is 3.60. The quantitative estimate of drug-likeness (QED) is 0.593. The Bertz CT molecular complexity index is 975. The first kappa shape index (κ1) is 19.3. The average Bonchev–Trinajstić information content (AvgIpc) is 3.00. The second-order valence-electron chi connectivity index (χ2n) is 5.90. The molecule has 27 heavy (non-hydrogen) atoms. The molecule has 2 aromatic carbocycles. The number of rotatable bonds is 7. The predicted octanol–water partition coefficient (Wildman–Crippen LogP) is 4.29. The summed E-state index contributed by atoms with van der Waals surface area (Å²) in [4.78, 5) is 13.3. The van der Waals surface area contributed by atoms with Crippen LogP contribution in [0.15, 0.2) is 47.4 Å². The van der Waals surface area contributed by atoms with Crippen LogP contribution >= 0.6 is 23.4 Å². The number of aromatic nitrogens is 3. The first-order valence-corrected chi connectivity index (χ1v) is 9.55. The SMILES string of the molecule is Cc1cc(SCc2nn(-c3cccc(Cl)c3)nc2C)ccc1OCC(=O)O. The number of hydrogen-bond donors (Lipinski definition) is 1. The summed E-state index contributed by atoms with van der Waals surface area (Å²) in [6, 6.07) is 13.1. The molecule has 140 valence electrons. The van der Waals surface area contributed by atoms with Crippen molar-refractivity contribution in [3.8, 4) is 11.4 Å². The first-order valence-electron chi connectivity index (χ1n) is 8.19. The topological polar surface area (TPSA) is 77.2 Å². The summed E-state index contributed by atoms with van der Waals surface area (Å²) in [5.41, 5.74) is 3.46. The summed E-state index contributed by atoms with van der Waals surface area (Å²) in [6.45, 7) is 3.47. The van der Waals surface area contributed by atoms with Gasteiger partial charge in [-0.25, -0.2) is 4.79 Å². The molecule has 0 unspecified atom stereocenters. The minimum Gasteiger partial charge on any atom is -0.482 e. The number of thioether (sulfide) groups is 1. The molecule has 0 radical (unpaired) electrons. The third-order valence-corrected chi connectivity index (χ3v) is 5.03. The number of halogens is 1. The number of aliphatic carboxylic acids is 1. The molecular weight excluding hydrogens is 386 g/mol. The van der Waals surface area contributed by atoms with E-state index in [-0.39, 0.29) is 6.61 Å². The number of carboxylic acid groups (broad SMARTS) is 1. The Morgan fingerprint density at radius 2 is 2.04 bits per heavy atom. The number of hydrogen-bond acceptors (Lipinski definition) is 5. The van der Waals surface area contributed by atoms with Crippen LogP contribution in [0, 0.1) is 13.8 Å². The highest BCUT2D eigenvalue weighted by molar-refractivity contribution is 7.98. The van der Waals surface area contributed by atoms with Gasteiger partial charge in [-0.1, -0.05) is 17.7 Å². The predicted molar refractivity (Wildman–Crippen MR) is 105 cm³/mol. The fraction of sp³-hybridized carbons (Fsp3) is 0.211. The molecule has 0 saturated carbocycles. The van der Waals surface area contributed by atoms with Crippen LogP contribution in [0.2, 0.25) is 5.02 Å². The molecule has 0 saturated heterocycles. The standard InChI is InChI=1S/C19H18ClN3O3S/c1-12-8-16(6-7-18(12)26-10-19(24)25)27-11-17-13(2)21-23(22-17)15-5-3-4-14(20)9-15/h3-9H,10-11H2,1-2H3,(H,24,25). The lowest BCUT2D eigenvalue weighted by molar-refractivity contribution is -0.139. The van der Waals surface area contributed by atoms with Crippen molar-refractivity contribution in [2.75, 3.05) is 6.61 Å². The molecule has 3 aromatic rings. The zero-order chi connectivity index (χ0) is 19.4. The van der Waals surface area contributed by atoms with Crippen LogP contribution in [0.25, 0.3) is 5.69 Å². The van der Waals surface area contributed by atoms with Crippen LogP contribution in [-0.4, -0.2) is 32.7 Å². The molecule has 0 aliphatic heterocycles. The van der Waals surface area contributed by atoms with Gasteiger partial charge in [-0.3, -0.25) is 0 Å². The minimum absolute atomic E-state index is 0.348. The van der Waals surface area contributed by atoms with Gasteiger partial charge in [0.05, 0.1) is 17.1 Å². The summed E-state index contributed by atoms with van der Waals surface area (Å²) in [5.74, 6) is 0.247. The molecule has 6 nitrogen and oxygen atoms in total. The molecule has 0 aliphatic carbocycles. The third kappa shape index (κ3) is 5.02. The first-order chi connectivity index (χ1) is 12.9. The highest BCUT2D eigenvalue weighted by Gasteiger charge is 2.10. The zero-order valence-corrected chi connectivity index (χ0v) is 16.4. The van der Waals surface area contributed by atoms with Crippen LogP contribution < -0.4 is 4.74 Å². The second-order valence-corrected chi connectivity index (χ2v) is 7.39. The van der Waals surface area contributed by atoms with Crippen LogP contribution in [0.5, 0.6) is 5.75 Å². The monoisotopic (exact) mass is 403 g/mol. The largest absolute Gasteiger partial charge is 0.482 e. The van der Waals surface area contributed by atoms with Crippen molar-refractivity contribution < 1.29 is 14.6 Å². The van der Waals surface area contributed by atoms with E-state index in [1.165, 1.54) is 0 Å². The number of nitrogens with zero attached hydrogens (tertiary/aromatic N) is 3. The van der Waals surface area contributed by atoms with E-state index in [1.807, 2.05) is 50.2 Å². The van der Waals surface area contributed by atoms with E-state index in [0.29, 0.717) is 16.5 Å². The molecule has 1 N–H and O–H groups in total. The Balaban J connectivity index is 1.68. The molecule has 0 fully saturated rings. The van der Waals surface area contributed by atoms with Crippen LogP contribution in [0.4, 0.5) is 0 Å². The smallest absolute Gasteiger partial charge is 0.341 e. The van der Waals surface area contributed by atoms with Gasteiger partial charge in [0.2, 0.25) is 0 Å². The van der Waals surface area contributed by atoms with Crippen molar-refractivity contribution in [1.82, 2.24) is 15.0 Å². The van der Waals surface area contributed by atoms with Gasteiger partial charge in [0.1, 0.15) is 5.75 Å². The minimum atomic E-state index is -0.994. The Labute approximate surface area is 166 Å². The number of carboxylic acids is 1. The Morgan fingerprint density at radius 1 is 1.22 bits per heavy atom. The Morgan fingerprint density at radius 3 is 2.74 bits per heavy atom. The van der Waals surface area contributed by atoms with Crippen LogP contribution in [-0.2, 0) is 10.5 Å². The van der Waals surface area contributed by atoms with Gasteiger partial charge < -0.3 is 9.84 Å². The zero-order valence-electron chi connectivity index (χ0n) is 14.8. The molecule has 0 aliphatic rings. The Hall–Kier alpha value is -2.51. The third-order valence-electron chi connectivity index (χ3n) is 3.79. The normalized spacial score (nSPS) is 10.8. The molecule has 1 heterocycles. The maximum atomic E-state index is 10.6. The van der Waals surface area contributed by atoms with Gasteiger partial charge in [0.15, 0.2) is 6.61 Å². The van der Waals surface area contributed by atoms with Gasteiger partial charge >= 0.3 is 5.97 Å². The van der Waals surface area contributed by atoms with Gasteiger partial charge in [-0.15, -0.1) is 11.8 Å². The maximum Gasteiger partial charge on any atom is 0.341 e. The van der Waals surface area contributed by atoms with Crippen molar-refractivity contribution in [1.29, 1.82) is 0 Å². The molecule has 3 rings (SSSR count). The summed E-state index contributed by atoms with van der Waals surface area (Å²) in [5, 5.41) is 18.4. The van der Waals surface area contributed by atoms with E-state index in [4.69, 9.17) is 21.4 Å². The molecule has 1 aromatic heterocycles. The molecular formula is C19H18ClN3O3S. The molecule has 0 amide bonds. The van der Waals surface area contributed by atoms with E-state index in [9.17, 15) is 4.79 Å². The van der Waals surface area contributed by atoms with E-state index < -0.39 is 5.97 Å². The lowest BCUT2D eigenvalue weighted by atomic mass is 10.2. The molecule has 8 heteroatoms. The van der Waals surface area contributed by atoms with Crippen LogP contribution in [0.1, 0.15) is 17.0 Å². The van der Waals surface area contributed by atoms with E-state index >= 15 is 0 Å². The number of carbonyl (C=O) groups is 1. The summed E-state index contributed by atoms with van der Waals surface area (Å²) < 4.78 is 5.25. The van der Waals surface area contributed by atoms with Gasteiger partial charge in [0, 0.05) is 15.7 Å². The summed E-state index contributed by atoms with van der Waals surface area (Å²) in [7, 11) is 0. The molecule has 0 atom stereocenters. The molecule has 0 bridgehead atoms. The molecule has 0 spiro atoms. The van der Waals surface area contributed by atoms with E-state index in [1.54, 1.807) is 22.6 Å². The lowest BCUT2D eigenvalue weighted by Gasteiger charge is -2.08. The lowest BCUT2D eigenvalue weighted by Crippen LogP contribution is -2.09. The number of ether oxygens (including phenoxy) is 1. The van der Waals surface area contributed by atoms with Gasteiger partial charge in [0.25, 0.3) is 0 Å². The number of benzene rings is 2. The maximum absolute atomic E-state index is 10.6. The van der Waals surface area contributed by atoms with Crippen molar-refractivity contribution >= 4 is 29.3 Å². The van der Waals surface area contributed by atoms with Crippen LogP contribution in [0.3, 0.4) is 0 Å². The van der Waals surface area contributed by atoms with E-state index in [2.05, 4.69) is 10.2 Å². The fourth-order valence-electron chi connectivity index (χ4n) is 2.42. The van der Waals surface area contributed by atoms with Crippen molar-refractivity contribution in [3.05, 3.63) is 64.4 Å². The van der Waals surface area contributed by atoms with Crippen molar-refractivity contribution in [2.24, 2.45) is 0 Å². The number of aryl methyl sites for hydroxylation is 2. The average molecular weight is 404 g/mol. The summed E-state index contributed by atoms with van der Waals surface area (Å²) >= 11 is 7.67. The Kier molecular flexibility index (Phi) is 6.03. The van der Waals surface area contributed by atoms with Gasteiger partial charge in [-0.2, -0.15) is 15.0 Å². The highest BCUT2D eigenvalue weighted by Crippen LogP contribution is 2.28. The summed E-state index contributed by atoms with van der Waals surface area (Å²) in [6.07, 6.45) is 0.